The van der Waals surface area contributed by atoms with Gasteiger partial charge in [-0.25, -0.2) is 0 Å². The number of fused-ring (bicyclic) bond motifs is 1. The highest BCUT2D eigenvalue weighted by Gasteiger charge is 2.71. The monoisotopic (exact) mass is 468 g/mol. The Morgan fingerprint density at radius 3 is 2.16 bits per heavy atom. The summed E-state index contributed by atoms with van der Waals surface area (Å²) in [4.78, 5) is 12.4. The summed E-state index contributed by atoms with van der Waals surface area (Å²) in [6.45, 7) is 5.95. The van der Waals surface area contributed by atoms with Gasteiger partial charge in [0.25, 0.3) is 5.60 Å². The lowest BCUT2D eigenvalue weighted by atomic mass is 9.62. The fraction of sp³-hybridized carbons (Fsp3) is 0.773. The number of rotatable bonds is 6. The minimum absolute atomic E-state index is 0.0816. The highest BCUT2D eigenvalue weighted by atomic mass is 28.4. The minimum Gasteiger partial charge on any atom is -0.394 e. The molecule has 0 bridgehead atoms. The highest BCUT2D eigenvalue weighted by Crippen LogP contribution is 2.66. The first kappa shape index (κ1) is 24.5. The number of hydrogen-bond acceptors (Lipinski definition) is 2. The van der Waals surface area contributed by atoms with Gasteiger partial charge in [0, 0.05) is 12.3 Å². The maximum Gasteiger partial charge on any atom is 0.429 e. The van der Waals surface area contributed by atoms with Crippen LogP contribution in [0.4, 0.5) is 26.3 Å². The smallest absolute Gasteiger partial charge is 0.394 e. The van der Waals surface area contributed by atoms with Crippen molar-refractivity contribution in [3.8, 4) is 0 Å². The van der Waals surface area contributed by atoms with E-state index in [2.05, 4.69) is 0 Å². The van der Waals surface area contributed by atoms with E-state index in [0.717, 1.165) is 24.5 Å². The van der Waals surface area contributed by atoms with Crippen LogP contribution in [0.2, 0.25) is 19.6 Å². The molecule has 9 heteroatoms. The van der Waals surface area contributed by atoms with Crippen molar-refractivity contribution in [2.24, 2.45) is 16.7 Å². The summed E-state index contributed by atoms with van der Waals surface area (Å²) in [5, 5.41) is 0. The van der Waals surface area contributed by atoms with Crippen LogP contribution in [0.3, 0.4) is 0 Å². The van der Waals surface area contributed by atoms with Crippen molar-refractivity contribution in [1.82, 2.24) is 0 Å². The fourth-order valence-electron chi connectivity index (χ4n) is 5.51. The topological polar surface area (TPSA) is 26.3 Å². The SMILES string of the molecule is C[C@]12CCCC(=O)C1CC=C2C1(C/C=C\C(O[Si](C)(C)C)(C(F)(F)F)C(F)(F)F)CC1. The summed E-state index contributed by atoms with van der Waals surface area (Å²) in [5.41, 5.74) is -4.03. The summed E-state index contributed by atoms with van der Waals surface area (Å²) < 4.78 is 87.2. The van der Waals surface area contributed by atoms with Crippen LogP contribution in [0, 0.1) is 16.7 Å². The number of ketones is 1. The van der Waals surface area contributed by atoms with Crippen molar-refractivity contribution in [2.45, 2.75) is 89.5 Å². The number of carbonyl (C=O) groups excluding carboxylic acids is 1. The van der Waals surface area contributed by atoms with E-state index in [0.29, 0.717) is 25.7 Å². The van der Waals surface area contributed by atoms with Crippen LogP contribution in [-0.4, -0.2) is 32.1 Å². The predicted molar refractivity (Wildman–Crippen MR) is 108 cm³/mol. The average Bonchev–Trinajstić information content (AvgIpc) is 3.25. The lowest BCUT2D eigenvalue weighted by Gasteiger charge is -2.41. The van der Waals surface area contributed by atoms with Gasteiger partial charge in [-0.2, -0.15) is 26.3 Å². The average molecular weight is 469 g/mol. The maximum absolute atomic E-state index is 13.7. The van der Waals surface area contributed by atoms with Crippen molar-refractivity contribution < 1.29 is 35.6 Å². The first-order valence-electron chi connectivity index (χ1n) is 10.7. The molecule has 0 amide bonds. The van der Waals surface area contributed by atoms with Crippen LogP contribution >= 0.6 is 0 Å². The number of halogens is 6. The van der Waals surface area contributed by atoms with Crippen LogP contribution in [0.15, 0.2) is 23.8 Å². The van der Waals surface area contributed by atoms with Gasteiger partial charge in [0.05, 0.1) is 0 Å². The van der Waals surface area contributed by atoms with Crippen molar-refractivity contribution >= 4 is 14.1 Å². The zero-order valence-electron chi connectivity index (χ0n) is 18.3. The van der Waals surface area contributed by atoms with Gasteiger partial charge < -0.3 is 4.43 Å². The number of Topliss-reactive ketones (excluding diaryl/α,β-unsaturated/α-hetero) is 1. The molecule has 0 N–H and O–H groups in total. The van der Waals surface area contributed by atoms with Gasteiger partial charge in [-0.05, 0) is 75.1 Å². The fourth-order valence-corrected chi connectivity index (χ4v) is 6.77. The highest BCUT2D eigenvalue weighted by molar-refractivity contribution is 6.69. The molecule has 0 aromatic heterocycles. The van der Waals surface area contributed by atoms with Gasteiger partial charge in [0.1, 0.15) is 5.78 Å². The quantitative estimate of drug-likeness (QED) is 0.235. The molecular weight excluding hydrogens is 438 g/mol. The van der Waals surface area contributed by atoms with Crippen molar-refractivity contribution in [3.63, 3.8) is 0 Å². The Hall–Kier alpha value is -1.09. The molecule has 1 unspecified atom stereocenters. The summed E-state index contributed by atoms with van der Waals surface area (Å²) in [6.07, 6.45) is -3.78. The molecular formula is C22H30F6O2Si. The van der Waals surface area contributed by atoms with Gasteiger partial charge in [-0.1, -0.05) is 24.6 Å². The molecule has 0 heterocycles. The van der Waals surface area contributed by atoms with Crippen LogP contribution in [0.1, 0.15) is 51.9 Å². The Balaban J connectivity index is 1.89. The molecule has 0 aromatic carbocycles. The van der Waals surface area contributed by atoms with Gasteiger partial charge in [-0.15, -0.1) is 0 Å². The second kappa shape index (κ2) is 7.47. The Kier molecular flexibility index (Phi) is 5.91. The van der Waals surface area contributed by atoms with Crippen molar-refractivity contribution in [1.29, 1.82) is 0 Å². The van der Waals surface area contributed by atoms with E-state index in [1.54, 1.807) is 0 Å². The number of alkyl halides is 6. The molecule has 2 atom stereocenters. The number of hydrogen-bond donors (Lipinski definition) is 0. The lowest BCUT2D eigenvalue weighted by Crippen LogP contribution is -2.61. The van der Waals surface area contributed by atoms with Gasteiger partial charge in [0.2, 0.25) is 0 Å². The molecule has 2 saturated carbocycles. The molecule has 3 aliphatic rings. The second-order valence-corrected chi connectivity index (χ2v) is 14.9. The van der Waals surface area contributed by atoms with Crippen LogP contribution < -0.4 is 0 Å². The third kappa shape index (κ3) is 4.28. The largest absolute Gasteiger partial charge is 0.429 e. The number of allylic oxidation sites excluding steroid dienone is 3. The van der Waals surface area contributed by atoms with E-state index in [4.69, 9.17) is 4.43 Å². The lowest BCUT2D eigenvalue weighted by molar-refractivity contribution is -0.340. The first-order chi connectivity index (χ1) is 14.0. The zero-order valence-corrected chi connectivity index (χ0v) is 19.3. The maximum atomic E-state index is 13.7. The molecule has 3 rings (SSSR count). The van der Waals surface area contributed by atoms with Gasteiger partial charge in [-0.3, -0.25) is 4.79 Å². The Labute approximate surface area is 180 Å². The molecule has 176 valence electrons. The van der Waals surface area contributed by atoms with E-state index in [1.807, 2.05) is 13.0 Å². The molecule has 0 saturated heterocycles. The predicted octanol–water partition coefficient (Wildman–Crippen LogP) is 7.13. The van der Waals surface area contributed by atoms with E-state index in [-0.39, 0.29) is 29.6 Å². The Morgan fingerprint density at radius 2 is 1.68 bits per heavy atom. The van der Waals surface area contributed by atoms with Gasteiger partial charge >= 0.3 is 12.4 Å². The summed E-state index contributed by atoms with van der Waals surface area (Å²) in [7, 11) is -3.20. The van der Waals surface area contributed by atoms with Crippen LogP contribution in [0.5, 0.6) is 0 Å². The molecule has 2 nitrogen and oxygen atoms in total. The summed E-state index contributed by atoms with van der Waals surface area (Å²) >= 11 is 0. The molecule has 0 radical (unpaired) electrons. The van der Waals surface area contributed by atoms with E-state index < -0.39 is 31.7 Å². The summed E-state index contributed by atoms with van der Waals surface area (Å²) in [5.74, 6) is 0.0976. The normalized spacial score (nSPS) is 29.3. The molecule has 0 aliphatic heterocycles. The summed E-state index contributed by atoms with van der Waals surface area (Å²) in [6, 6.07) is 0. The third-order valence-electron chi connectivity index (χ3n) is 7.05. The van der Waals surface area contributed by atoms with E-state index >= 15 is 0 Å². The number of carbonyl (C=O) groups is 1. The molecule has 0 aromatic rings. The second-order valence-electron chi connectivity index (χ2n) is 10.5. The minimum atomic E-state index is -5.63. The molecule has 31 heavy (non-hydrogen) atoms. The standard InChI is InChI=1S/C22H30F6O2Si/c1-18-10-5-7-16(29)15(18)8-9-17(18)19(13-14-19)11-6-12-20(21(23,24)25,22(26,27)28)30-31(2,3)4/h6,9,12,15H,5,7-8,10-11,13-14H2,1-4H3/b12-6-/t15?,18-/m0/s1. The van der Waals surface area contributed by atoms with Crippen LogP contribution in [-0.2, 0) is 9.22 Å². The van der Waals surface area contributed by atoms with Crippen LogP contribution in [0.25, 0.3) is 0 Å². The molecule has 2 fully saturated rings. The van der Waals surface area contributed by atoms with E-state index in [9.17, 15) is 31.1 Å². The Bertz CT molecular complexity index is 771. The Morgan fingerprint density at radius 1 is 1.10 bits per heavy atom. The van der Waals surface area contributed by atoms with Gasteiger partial charge in [0.15, 0.2) is 8.32 Å². The van der Waals surface area contributed by atoms with E-state index in [1.165, 1.54) is 19.6 Å². The zero-order chi connectivity index (χ0) is 23.5. The first-order valence-corrected chi connectivity index (χ1v) is 14.1. The molecule has 0 spiro atoms. The van der Waals surface area contributed by atoms with Crippen molar-refractivity contribution in [3.05, 3.63) is 23.8 Å². The van der Waals surface area contributed by atoms with Crippen molar-refractivity contribution in [2.75, 3.05) is 0 Å². The molecule has 3 aliphatic carbocycles. The third-order valence-corrected chi connectivity index (χ3v) is 7.98.